The first-order valence-corrected chi connectivity index (χ1v) is 11.2. The number of benzene rings is 2. The molecule has 0 aliphatic heterocycles. The van der Waals surface area contributed by atoms with Gasteiger partial charge in [-0.15, -0.1) is 0 Å². The monoisotopic (exact) mass is 479 g/mol. The zero-order valence-electron chi connectivity index (χ0n) is 19.6. The molecule has 0 fully saturated rings. The van der Waals surface area contributed by atoms with Gasteiger partial charge in [0.1, 0.15) is 17.1 Å². The number of ether oxygens (including phenoxy) is 1. The van der Waals surface area contributed by atoms with Crippen LogP contribution in [0.15, 0.2) is 51.4 Å². The number of rotatable bonds is 10. The molecule has 182 valence electrons. The van der Waals surface area contributed by atoms with Gasteiger partial charge >= 0.3 is 5.97 Å². The molecule has 10 heteroatoms. The molecule has 0 aliphatic carbocycles. The fourth-order valence-electron chi connectivity index (χ4n) is 3.72. The van der Waals surface area contributed by atoms with Gasteiger partial charge in [-0.25, -0.2) is 9.78 Å². The fraction of sp³-hybridized carbons (Fsp3) is 0.320. The van der Waals surface area contributed by atoms with E-state index in [1.165, 1.54) is 19.9 Å². The first-order chi connectivity index (χ1) is 16.7. The molecule has 0 amide bonds. The third kappa shape index (κ3) is 5.01. The maximum absolute atomic E-state index is 11.4. The van der Waals surface area contributed by atoms with Crippen molar-refractivity contribution >= 4 is 22.6 Å². The molecule has 0 saturated carbocycles. The number of para-hydroxylation sites is 1. The average Bonchev–Trinajstić information content (AvgIpc) is 3.41. The van der Waals surface area contributed by atoms with Crippen molar-refractivity contribution in [1.29, 1.82) is 0 Å². The maximum atomic E-state index is 11.4. The molecule has 0 bridgehead atoms. The van der Waals surface area contributed by atoms with Crippen LogP contribution in [0.25, 0.3) is 22.4 Å². The molecule has 0 radical (unpaired) electrons. The lowest BCUT2D eigenvalue weighted by Crippen LogP contribution is -2.37. The van der Waals surface area contributed by atoms with Gasteiger partial charge in [0.2, 0.25) is 5.89 Å². The number of carboxylic acids is 1. The van der Waals surface area contributed by atoms with Crippen LogP contribution in [0.4, 0.5) is 5.69 Å². The minimum atomic E-state index is -1.38. The van der Waals surface area contributed by atoms with E-state index in [1.807, 2.05) is 6.92 Å². The van der Waals surface area contributed by atoms with Crippen LogP contribution in [-0.4, -0.2) is 31.7 Å². The van der Waals surface area contributed by atoms with E-state index in [2.05, 4.69) is 10.1 Å². The van der Waals surface area contributed by atoms with Crippen molar-refractivity contribution in [2.45, 2.75) is 52.1 Å². The quantitative estimate of drug-likeness (QED) is 0.234. The number of nitro groups is 1. The van der Waals surface area contributed by atoms with Crippen LogP contribution in [-0.2, 0) is 24.1 Å². The highest BCUT2D eigenvalue weighted by Crippen LogP contribution is 2.32. The van der Waals surface area contributed by atoms with E-state index < -0.39 is 16.5 Å². The lowest BCUT2D eigenvalue weighted by Gasteiger charge is -2.21. The van der Waals surface area contributed by atoms with Gasteiger partial charge in [-0.05, 0) is 51.3 Å². The fourth-order valence-corrected chi connectivity index (χ4v) is 3.72. The molecule has 4 aromatic rings. The van der Waals surface area contributed by atoms with E-state index in [-0.39, 0.29) is 11.6 Å². The summed E-state index contributed by atoms with van der Waals surface area (Å²) >= 11 is 0. The van der Waals surface area contributed by atoms with Crippen molar-refractivity contribution in [3.05, 3.63) is 69.7 Å². The number of aryl methyl sites for hydroxylation is 3. The SMILES string of the molecule is CCCc1oc(-c2ccccc2[N+](=O)[O-])nc1CCc1noc2cc(OC(C)(C)C(=O)O)ccc12. The Hall–Kier alpha value is -4.21. The third-order valence-electron chi connectivity index (χ3n) is 5.59. The number of carboxylic acid groups (broad SMARTS) is 1. The molecule has 2 aromatic heterocycles. The Morgan fingerprint density at radius 2 is 1.89 bits per heavy atom. The van der Waals surface area contributed by atoms with Crippen LogP contribution >= 0.6 is 0 Å². The molecule has 2 heterocycles. The van der Waals surface area contributed by atoms with Crippen LogP contribution in [0.1, 0.15) is 44.3 Å². The summed E-state index contributed by atoms with van der Waals surface area (Å²) in [4.78, 5) is 26.9. The highest BCUT2D eigenvalue weighted by molar-refractivity contribution is 5.81. The number of oxazole rings is 1. The first kappa shape index (κ1) is 23.9. The normalized spacial score (nSPS) is 11.6. The summed E-state index contributed by atoms with van der Waals surface area (Å²) in [6, 6.07) is 11.4. The van der Waals surface area contributed by atoms with Crippen LogP contribution in [0.3, 0.4) is 0 Å². The molecular weight excluding hydrogens is 454 g/mol. The van der Waals surface area contributed by atoms with E-state index in [0.717, 1.165) is 17.5 Å². The predicted octanol–water partition coefficient (Wildman–Crippen LogP) is 5.37. The van der Waals surface area contributed by atoms with Crippen LogP contribution in [0, 0.1) is 10.1 Å². The molecule has 0 unspecified atom stereocenters. The Bertz CT molecular complexity index is 1390. The zero-order chi connectivity index (χ0) is 25.2. The molecule has 35 heavy (non-hydrogen) atoms. The molecule has 0 atom stereocenters. The van der Waals surface area contributed by atoms with Gasteiger partial charge in [-0.3, -0.25) is 10.1 Å². The number of aromatic nitrogens is 2. The highest BCUT2D eigenvalue weighted by Gasteiger charge is 2.29. The number of nitrogens with zero attached hydrogens (tertiary/aromatic N) is 3. The van der Waals surface area contributed by atoms with Crippen molar-refractivity contribution < 1.29 is 28.5 Å². The highest BCUT2D eigenvalue weighted by atomic mass is 16.6. The molecule has 10 nitrogen and oxygen atoms in total. The topological polar surface area (TPSA) is 142 Å². The van der Waals surface area contributed by atoms with E-state index in [4.69, 9.17) is 13.7 Å². The molecular formula is C25H25N3O7. The molecule has 0 aliphatic rings. The Morgan fingerprint density at radius 3 is 2.60 bits per heavy atom. The summed E-state index contributed by atoms with van der Waals surface area (Å²) in [5.41, 5.74) is 0.805. The first-order valence-electron chi connectivity index (χ1n) is 11.2. The van der Waals surface area contributed by atoms with E-state index in [0.29, 0.717) is 47.6 Å². The van der Waals surface area contributed by atoms with E-state index in [1.54, 1.807) is 36.4 Å². The molecule has 2 aromatic carbocycles. The van der Waals surface area contributed by atoms with Crippen molar-refractivity contribution in [3.63, 3.8) is 0 Å². The Balaban J connectivity index is 1.57. The standard InChI is InChI=1S/C25H25N3O7/c1-4-7-21-19(26-23(33-21)17-8-5-6-9-20(17)28(31)32)13-12-18-16-11-10-15(14-22(16)35-27-18)34-25(2,3)24(29)30/h5-6,8-11,14H,4,7,12-13H2,1-3H3,(H,29,30). The van der Waals surface area contributed by atoms with Crippen molar-refractivity contribution in [2.24, 2.45) is 0 Å². The number of aliphatic carboxylic acids is 1. The summed E-state index contributed by atoms with van der Waals surface area (Å²) in [7, 11) is 0. The third-order valence-corrected chi connectivity index (χ3v) is 5.59. The Morgan fingerprint density at radius 1 is 1.14 bits per heavy atom. The van der Waals surface area contributed by atoms with Gasteiger partial charge in [0, 0.05) is 23.9 Å². The Kier molecular flexibility index (Phi) is 6.54. The average molecular weight is 479 g/mol. The minimum Gasteiger partial charge on any atom is -0.478 e. The summed E-state index contributed by atoms with van der Waals surface area (Å²) < 4.78 is 17.0. The van der Waals surface area contributed by atoms with Gasteiger partial charge in [-0.1, -0.05) is 24.2 Å². The van der Waals surface area contributed by atoms with Crippen LogP contribution in [0.2, 0.25) is 0 Å². The van der Waals surface area contributed by atoms with E-state index >= 15 is 0 Å². The number of fused-ring (bicyclic) bond motifs is 1. The van der Waals surface area contributed by atoms with Gasteiger partial charge in [0.05, 0.1) is 16.3 Å². The predicted molar refractivity (Wildman–Crippen MR) is 126 cm³/mol. The number of nitro benzene ring substituents is 1. The molecule has 1 N–H and O–H groups in total. The van der Waals surface area contributed by atoms with Gasteiger partial charge in [0.15, 0.2) is 11.2 Å². The second-order valence-corrected chi connectivity index (χ2v) is 8.62. The summed E-state index contributed by atoms with van der Waals surface area (Å²) in [6.45, 7) is 4.96. The zero-order valence-corrected chi connectivity index (χ0v) is 19.6. The summed E-state index contributed by atoms with van der Waals surface area (Å²) in [6.07, 6.45) is 2.50. The lowest BCUT2D eigenvalue weighted by atomic mass is 10.1. The Labute approximate surface area is 200 Å². The van der Waals surface area contributed by atoms with Crippen molar-refractivity contribution in [1.82, 2.24) is 10.1 Å². The van der Waals surface area contributed by atoms with E-state index in [9.17, 15) is 20.0 Å². The maximum Gasteiger partial charge on any atom is 0.347 e. The number of carbonyl (C=O) groups is 1. The van der Waals surface area contributed by atoms with Crippen molar-refractivity contribution in [2.75, 3.05) is 0 Å². The van der Waals surface area contributed by atoms with Crippen LogP contribution in [0.5, 0.6) is 5.75 Å². The number of hydrogen-bond acceptors (Lipinski definition) is 8. The number of hydrogen-bond donors (Lipinski definition) is 1. The summed E-state index contributed by atoms with van der Waals surface area (Å²) in [5.74, 6) is 0.207. The van der Waals surface area contributed by atoms with Gasteiger partial charge < -0.3 is 18.8 Å². The molecule has 0 spiro atoms. The molecule has 4 rings (SSSR count). The van der Waals surface area contributed by atoms with Gasteiger partial charge in [0.25, 0.3) is 5.69 Å². The van der Waals surface area contributed by atoms with Crippen molar-refractivity contribution in [3.8, 4) is 17.2 Å². The van der Waals surface area contributed by atoms with Gasteiger partial charge in [-0.2, -0.15) is 0 Å². The molecule has 0 saturated heterocycles. The largest absolute Gasteiger partial charge is 0.478 e. The van der Waals surface area contributed by atoms with Crippen LogP contribution < -0.4 is 4.74 Å². The second kappa shape index (κ2) is 9.57. The smallest absolute Gasteiger partial charge is 0.347 e. The summed E-state index contributed by atoms with van der Waals surface area (Å²) in [5, 5.41) is 25.6. The minimum absolute atomic E-state index is 0.0602. The lowest BCUT2D eigenvalue weighted by molar-refractivity contribution is -0.384. The second-order valence-electron chi connectivity index (χ2n) is 8.62.